The molecule has 0 aliphatic heterocycles. The third-order valence-corrected chi connectivity index (χ3v) is 4.30. The lowest BCUT2D eigenvalue weighted by atomic mass is 9.83. The van der Waals surface area contributed by atoms with Crippen LogP contribution in [0.1, 0.15) is 51.0 Å². The van der Waals surface area contributed by atoms with E-state index in [1.165, 1.54) is 16.7 Å². The van der Waals surface area contributed by atoms with Crippen LogP contribution in [0, 0.1) is 27.7 Å². The standard InChI is InChI=1S/C18H22O2/c1-6-20-18(19)17-14(5)12(3)11(2)13(4)16(17)15-9-7-8-10-15/h7-10,15H,6H2,1-5H3. The smallest absolute Gasteiger partial charge is 0.338 e. The van der Waals surface area contributed by atoms with E-state index in [9.17, 15) is 4.79 Å². The molecular formula is C18H22O2. The van der Waals surface area contributed by atoms with Crippen molar-refractivity contribution in [1.82, 2.24) is 0 Å². The molecule has 106 valence electrons. The van der Waals surface area contributed by atoms with Crippen molar-refractivity contribution in [3.05, 3.63) is 57.7 Å². The number of rotatable bonds is 3. The van der Waals surface area contributed by atoms with Crippen LogP contribution in [-0.4, -0.2) is 12.6 Å². The molecule has 0 fully saturated rings. The maximum Gasteiger partial charge on any atom is 0.338 e. The maximum atomic E-state index is 12.4. The van der Waals surface area contributed by atoms with Gasteiger partial charge in [0.1, 0.15) is 0 Å². The fraction of sp³-hybridized carbons (Fsp3) is 0.389. The van der Waals surface area contributed by atoms with Crippen LogP contribution in [0.4, 0.5) is 0 Å². The highest BCUT2D eigenvalue weighted by Gasteiger charge is 2.25. The van der Waals surface area contributed by atoms with Gasteiger partial charge in [-0.3, -0.25) is 0 Å². The Hall–Kier alpha value is -1.83. The Morgan fingerprint density at radius 1 is 1.00 bits per heavy atom. The van der Waals surface area contributed by atoms with Crippen LogP contribution >= 0.6 is 0 Å². The maximum absolute atomic E-state index is 12.4. The molecule has 0 spiro atoms. The average molecular weight is 270 g/mol. The molecule has 2 rings (SSSR count). The lowest BCUT2D eigenvalue weighted by molar-refractivity contribution is 0.0524. The van der Waals surface area contributed by atoms with Crippen LogP contribution in [0.3, 0.4) is 0 Å². The third kappa shape index (κ3) is 2.31. The van der Waals surface area contributed by atoms with E-state index in [0.29, 0.717) is 6.61 Å². The van der Waals surface area contributed by atoms with Crippen LogP contribution < -0.4 is 0 Å². The van der Waals surface area contributed by atoms with Gasteiger partial charge in [-0.05, 0) is 62.4 Å². The Kier molecular flexibility index (Phi) is 4.12. The molecule has 0 bridgehead atoms. The fourth-order valence-corrected chi connectivity index (χ4v) is 2.85. The molecule has 0 saturated carbocycles. The van der Waals surface area contributed by atoms with Crippen LogP contribution in [-0.2, 0) is 4.74 Å². The van der Waals surface area contributed by atoms with Gasteiger partial charge < -0.3 is 4.74 Å². The molecule has 0 N–H and O–H groups in total. The zero-order valence-corrected chi connectivity index (χ0v) is 12.9. The largest absolute Gasteiger partial charge is 0.462 e. The summed E-state index contributed by atoms with van der Waals surface area (Å²) in [7, 11) is 0. The number of hydrogen-bond donors (Lipinski definition) is 0. The highest BCUT2D eigenvalue weighted by atomic mass is 16.5. The third-order valence-electron chi connectivity index (χ3n) is 4.30. The summed E-state index contributed by atoms with van der Waals surface area (Å²) in [6, 6.07) is 0. The quantitative estimate of drug-likeness (QED) is 0.765. The van der Waals surface area contributed by atoms with Gasteiger partial charge in [-0.25, -0.2) is 4.79 Å². The van der Waals surface area contributed by atoms with Gasteiger partial charge >= 0.3 is 5.97 Å². The first-order valence-corrected chi connectivity index (χ1v) is 7.11. The predicted octanol–water partition coefficient (Wildman–Crippen LogP) is 4.31. The molecule has 2 heteroatoms. The van der Waals surface area contributed by atoms with Gasteiger partial charge in [-0.2, -0.15) is 0 Å². The van der Waals surface area contributed by atoms with Crippen LogP contribution in [0.5, 0.6) is 0 Å². The van der Waals surface area contributed by atoms with Crippen LogP contribution in [0.25, 0.3) is 0 Å². The minimum Gasteiger partial charge on any atom is -0.462 e. The van der Waals surface area contributed by atoms with Gasteiger partial charge in [0.2, 0.25) is 0 Å². The fourth-order valence-electron chi connectivity index (χ4n) is 2.85. The van der Waals surface area contributed by atoms with Crippen LogP contribution in [0.15, 0.2) is 24.3 Å². The van der Waals surface area contributed by atoms with Gasteiger partial charge in [-0.1, -0.05) is 24.3 Å². The Morgan fingerprint density at radius 2 is 1.55 bits per heavy atom. The van der Waals surface area contributed by atoms with Crippen molar-refractivity contribution in [2.45, 2.75) is 40.5 Å². The van der Waals surface area contributed by atoms with Crippen molar-refractivity contribution in [1.29, 1.82) is 0 Å². The zero-order valence-electron chi connectivity index (χ0n) is 12.9. The van der Waals surface area contributed by atoms with Gasteiger partial charge in [-0.15, -0.1) is 0 Å². The van der Waals surface area contributed by atoms with Crippen molar-refractivity contribution in [2.24, 2.45) is 0 Å². The second-order valence-electron chi connectivity index (χ2n) is 5.30. The molecule has 1 aromatic rings. The topological polar surface area (TPSA) is 26.3 Å². The molecule has 1 aromatic carbocycles. The summed E-state index contributed by atoms with van der Waals surface area (Å²) >= 11 is 0. The first-order chi connectivity index (χ1) is 9.49. The van der Waals surface area contributed by atoms with E-state index >= 15 is 0 Å². The first kappa shape index (κ1) is 14.6. The van der Waals surface area contributed by atoms with Crippen LogP contribution in [0.2, 0.25) is 0 Å². The van der Waals surface area contributed by atoms with Crippen molar-refractivity contribution in [2.75, 3.05) is 6.61 Å². The number of allylic oxidation sites excluding steroid dienone is 4. The highest BCUT2D eigenvalue weighted by Crippen LogP contribution is 2.35. The highest BCUT2D eigenvalue weighted by molar-refractivity contribution is 5.94. The predicted molar refractivity (Wildman–Crippen MR) is 82.4 cm³/mol. The summed E-state index contributed by atoms with van der Waals surface area (Å²) in [6.07, 6.45) is 8.31. The molecule has 20 heavy (non-hydrogen) atoms. The monoisotopic (exact) mass is 270 g/mol. The van der Waals surface area contributed by atoms with Crippen molar-refractivity contribution >= 4 is 5.97 Å². The summed E-state index contributed by atoms with van der Waals surface area (Å²) in [6.45, 7) is 10.6. The Labute approximate surface area is 121 Å². The van der Waals surface area contributed by atoms with Gasteiger partial charge in [0.25, 0.3) is 0 Å². The van der Waals surface area contributed by atoms with E-state index in [2.05, 4.69) is 32.9 Å². The van der Waals surface area contributed by atoms with Gasteiger partial charge in [0.15, 0.2) is 0 Å². The van der Waals surface area contributed by atoms with E-state index < -0.39 is 0 Å². The van der Waals surface area contributed by atoms with Gasteiger partial charge in [0.05, 0.1) is 12.2 Å². The Morgan fingerprint density at radius 3 is 2.10 bits per heavy atom. The van der Waals surface area contributed by atoms with E-state index in [-0.39, 0.29) is 11.9 Å². The summed E-state index contributed by atoms with van der Waals surface area (Å²) in [5, 5.41) is 0. The molecule has 0 aromatic heterocycles. The normalized spacial score (nSPS) is 14.1. The first-order valence-electron chi connectivity index (χ1n) is 7.11. The minimum absolute atomic E-state index is 0.174. The molecule has 1 aliphatic carbocycles. The number of carbonyl (C=O) groups is 1. The molecule has 1 aliphatic rings. The Balaban J connectivity index is 2.71. The van der Waals surface area contributed by atoms with E-state index in [0.717, 1.165) is 16.7 Å². The van der Waals surface area contributed by atoms with Crippen molar-refractivity contribution in [3.8, 4) is 0 Å². The summed E-state index contributed by atoms with van der Waals surface area (Å²) in [5.74, 6) is -0.0349. The lowest BCUT2D eigenvalue weighted by Crippen LogP contribution is -2.15. The number of carbonyl (C=O) groups excluding carboxylic acids is 1. The molecule has 2 nitrogen and oxygen atoms in total. The average Bonchev–Trinajstić information content (AvgIpc) is 2.94. The lowest BCUT2D eigenvalue weighted by Gasteiger charge is -2.22. The molecule has 0 radical (unpaired) electrons. The summed E-state index contributed by atoms with van der Waals surface area (Å²) in [5.41, 5.74) is 6.51. The number of hydrogen-bond acceptors (Lipinski definition) is 2. The SMILES string of the molecule is CCOC(=O)c1c(C)c(C)c(C)c(C)c1C1C=CC=C1. The van der Waals surface area contributed by atoms with E-state index in [1.807, 2.05) is 26.0 Å². The molecule has 0 unspecified atom stereocenters. The molecule has 0 heterocycles. The van der Waals surface area contributed by atoms with Crippen molar-refractivity contribution in [3.63, 3.8) is 0 Å². The van der Waals surface area contributed by atoms with E-state index in [1.54, 1.807) is 0 Å². The number of benzene rings is 1. The second kappa shape index (κ2) is 5.66. The number of ether oxygens (including phenoxy) is 1. The zero-order chi connectivity index (χ0) is 14.9. The second-order valence-corrected chi connectivity index (χ2v) is 5.30. The van der Waals surface area contributed by atoms with Crippen molar-refractivity contribution < 1.29 is 9.53 Å². The molecule has 0 atom stereocenters. The Bertz CT molecular complexity index is 595. The molecular weight excluding hydrogens is 248 g/mol. The molecule has 0 saturated heterocycles. The summed E-state index contributed by atoms with van der Waals surface area (Å²) < 4.78 is 5.27. The molecule has 0 amide bonds. The van der Waals surface area contributed by atoms with E-state index in [4.69, 9.17) is 4.74 Å². The minimum atomic E-state index is -0.208. The summed E-state index contributed by atoms with van der Waals surface area (Å²) in [4.78, 5) is 12.4. The van der Waals surface area contributed by atoms with Gasteiger partial charge in [0, 0.05) is 5.92 Å². The number of esters is 1.